The van der Waals surface area contributed by atoms with Crippen LogP contribution in [0, 0.1) is 55.7 Å². The van der Waals surface area contributed by atoms with E-state index in [2.05, 4.69) is 80.1 Å². The van der Waals surface area contributed by atoms with Crippen molar-refractivity contribution >= 4 is 22.6 Å². The Balaban J connectivity index is 1.00. The molecule has 13 unspecified atom stereocenters. The van der Waals surface area contributed by atoms with E-state index in [-0.39, 0.29) is 29.1 Å². The molecular formula is C67H95N3O8. The van der Waals surface area contributed by atoms with Gasteiger partial charge in [-0.25, -0.2) is 0 Å². The van der Waals surface area contributed by atoms with Crippen LogP contribution >= 0.6 is 0 Å². The monoisotopic (exact) mass is 1070 g/mol. The van der Waals surface area contributed by atoms with E-state index in [1.165, 1.54) is 54.4 Å². The number of carbonyl (C=O) groups excluding carboxylic acids is 2. The number of allylic oxidation sites excluding steroid dienone is 1. The van der Waals surface area contributed by atoms with Crippen LogP contribution in [0.2, 0.25) is 0 Å². The number of H-pyrrole nitrogens is 1. The van der Waals surface area contributed by atoms with Crippen molar-refractivity contribution in [2.24, 2.45) is 55.7 Å². The number of hydrogen-bond acceptors (Lipinski definition) is 9. The van der Waals surface area contributed by atoms with Gasteiger partial charge in [-0.3, -0.25) is 9.59 Å². The van der Waals surface area contributed by atoms with Gasteiger partial charge in [0.2, 0.25) is 0 Å². The zero-order valence-electron chi connectivity index (χ0n) is 48.8. The average Bonchev–Trinajstić information content (AvgIpc) is 2.28. The minimum Gasteiger partial charge on any atom is -0.393 e. The van der Waals surface area contributed by atoms with Gasteiger partial charge in [0, 0.05) is 86.6 Å². The summed E-state index contributed by atoms with van der Waals surface area (Å²) in [5, 5.41) is 54.5. The number of fused-ring (bicyclic) bond motifs is 6. The molecule has 78 heavy (non-hydrogen) atoms. The maximum atomic E-state index is 16.0. The summed E-state index contributed by atoms with van der Waals surface area (Å²) < 4.78 is 14.4. The highest BCUT2D eigenvalue weighted by atomic mass is 16.6. The van der Waals surface area contributed by atoms with Crippen molar-refractivity contribution < 1.29 is 39.5 Å². The summed E-state index contributed by atoms with van der Waals surface area (Å²) in [6.45, 7) is 18.4. The van der Waals surface area contributed by atoms with Crippen LogP contribution in [-0.2, 0) is 44.1 Å². The molecule has 8 fully saturated rings. The van der Waals surface area contributed by atoms with Crippen LogP contribution in [0.1, 0.15) is 211 Å². The highest BCUT2D eigenvalue weighted by Crippen LogP contribution is 2.84. The molecule has 13 atom stereocenters. The number of epoxide rings is 1. The lowest BCUT2D eigenvalue weighted by Crippen LogP contribution is -2.76. The van der Waals surface area contributed by atoms with Gasteiger partial charge in [0.25, 0.3) is 0 Å². The molecule has 6 saturated carbocycles. The van der Waals surface area contributed by atoms with E-state index >= 15 is 9.59 Å². The Hall–Kier alpha value is -3.16. The van der Waals surface area contributed by atoms with Gasteiger partial charge in [-0.15, -0.1) is 0 Å². The van der Waals surface area contributed by atoms with Gasteiger partial charge in [-0.1, -0.05) is 84.9 Å². The first kappa shape index (κ1) is 54.1. The number of benzene rings is 1. The van der Waals surface area contributed by atoms with Gasteiger partial charge in [-0.05, 0) is 183 Å². The largest absolute Gasteiger partial charge is 0.393 e. The predicted octanol–water partition coefficient (Wildman–Crippen LogP) is 11.1. The molecule has 11 nitrogen and oxygen atoms in total. The lowest BCUT2D eigenvalue weighted by molar-refractivity contribution is -0.300. The molecule has 13 rings (SSSR count). The van der Waals surface area contributed by atoms with E-state index in [1.807, 2.05) is 20.9 Å². The summed E-state index contributed by atoms with van der Waals surface area (Å²) in [5.41, 5.74) is 5.01. The quantitative estimate of drug-likeness (QED) is 0.108. The molecule has 5 heterocycles. The van der Waals surface area contributed by atoms with Crippen LogP contribution in [0.4, 0.5) is 0 Å². The lowest BCUT2D eigenvalue weighted by atomic mass is 9.26. The van der Waals surface area contributed by atoms with Crippen molar-refractivity contribution in [2.45, 2.75) is 238 Å². The van der Waals surface area contributed by atoms with E-state index in [9.17, 15) is 20.4 Å². The summed E-state index contributed by atoms with van der Waals surface area (Å²) in [7, 11) is 2.00. The predicted molar refractivity (Wildman–Crippen MR) is 303 cm³/mol. The van der Waals surface area contributed by atoms with Gasteiger partial charge in [0.1, 0.15) is 11.9 Å². The van der Waals surface area contributed by atoms with Crippen molar-refractivity contribution in [2.75, 3.05) is 26.8 Å². The van der Waals surface area contributed by atoms with E-state index < -0.39 is 67.9 Å². The number of rotatable bonds is 10. The Kier molecular flexibility index (Phi) is 12.8. The van der Waals surface area contributed by atoms with E-state index in [1.54, 1.807) is 0 Å². The molecule has 2 saturated heterocycles. The number of aromatic amines is 1. The van der Waals surface area contributed by atoms with Crippen molar-refractivity contribution in [1.29, 1.82) is 0 Å². The van der Waals surface area contributed by atoms with E-state index in [0.717, 1.165) is 79.2 Å². The van der Waals surface area contributed by atoms with Crippen molar-refractivity contribution in [3.05, 3.63) is 69.6 Å². The van der Waals surface area contributed by atoms with Crippen LogP contribution in [0.15, 0.2) is 41.7 Å². The van der Waals surface area contributed by atoms with Crippen LogP contribution < -0.4 is 5.32 Å². The third-order valence-electron chi connectivity index (χ3n) is 25.5. The topological polar surface area (TPSA) is 170 Å². The van der Waals surface area contributed by atoms with Gasteiger partial charge >= 0.3 is 0 Å². The maximum absolute atomic E-state index is 16.0. The Morgan fingerprint density at radius 2 is 1.62 bits per heavy atom. The second-order valence-electron chi connectivity index (χ2n) is 30.2. The van der Waals surface area contributed by atoms with Crippen LogP contribution in [0.5, 0.6) is 0 Å². The Morgan fingerprint density at radius 1 is 0.885 bits per heavy atom. The molecule has 11 heteroatoms. The minimum absolute atomic E-state index is 0.00482. The number of hydrogen-bond donors (Lipinski definition) is 6. The normalized spacial score (nSPS) is 41.1. The minimum atomic E-state index is -0.935. The SMILES string of the molecule is CNCCC1(C)C(=O)CC2(CCC(O)C2)C2(C)C1C1(CCCC1)CC1(C)C2C(O)C2Cn3cc(Cc4cc(C5CCCCC5)cc(C5(O)CCOCC5)c4)c4[nH]cc(c43)CCC(C)(CC(O)C3OC3(C)C)C3=C2C1(C)CC3=O. The molecule has 3 aliphatic heterocycles. The highest BCUT2D eigenvalue weighted by Gasteiger charge is 2.81. The summed E-state index contributed by atoms with van der Waals surface area (Å²) in [6, 6.07) is 7.01. The number of ether oxygens (including phenoxy) is 2. The molecular weight excluding hydrogens is 975 g/mol. The van der Waals surface area contributed by atoms with Gasteiger partial charge in [0.15, 0.2) is 5.78 Å². The first-order valence-electron chi connectivity index (χ1n) is 31.3. The molecule has 7 aliphatic carbocycles. The average molecular weight is 1070 g/mol. The Bertz CT molecular complexity index is 2910. The Labute approximate surface area is 464 Å². The van der Waals surface area contributed by atoms with Gasteiger partial charge in [-0.2, -0.15) is 0 Å². The smallest absolute Gasteiger partial charge is 0.160 e. The highest BCUT2D eigenvalue weighted by molar-refractivity contribution is 6.02. The summed E-state index contributed by atoms with van der Waals surface area (Å²) >= 11 is 0. The number of Topliss-reactive ketones (excluding diaryl/α,β-unsaturated/α-hetero) is 2. The number of carbonyl (C=O) groups is 2. The third-order valence-corrected chi connectivity index (χ3v) is 25.5. The number of nitrogens with zero attached hydrogens (tertiary/aromatic N) is 1. The summed E-state index contributed by atoms with van der Waals surface area (Å²) in [4.78, 5) is 35.3. The number of nitrogens with one attached hydrogen (secondary N) is 2. The number of ketones is 2. The molecule has 3 aromatic rings. The standard InChI is InChI=1S/C67H95N3O8/c1-59(2)57(78-59)49(73)33-60(3)20-16-42-36-69-53-44(29-40-28-43(41-14-10-9-11-15-41)31-45(30-40)67(76)23-26-77-27-24-67)37-70(54(42)53)38-47-51-52(60)48(72)34-62(51,5)63(6)39-65(18-12-13-19-65)58-61(4,22-25-68-8)50(74)35-66(21-17-46(71)32-66)64(58,7)56(63)55(47)75/h28,30-31,36-37,41,46-47,49,55-58,68-69,71,73,75-76H,9-27,29,32-35,38-39H2,1-8H3. The molecule has 0 amide bonds. The second kappa shape index (κ2) is 18.4. The van der Waals surface area contributed by atoms with Crippen molar-refractivity contribution in [3.63, 3.8) is 0 Å². The molecule has 0 radical (unpaired) electrons. The van der Waals surface area contributed by atoms with Crippen molar-refractivity contribution in [1.82, 2.24) is 14.9 Å². The fraction of sp³-hybridized carbons (Fsp3) is 0.761. The lowest BCUT2D eigenvalue weighted by Gasteiger charge is -2.78. The fourth-order valence-corrected chi connectivity index (χ4v) is 21.9. The third kappa shape index (κ3) is 7.71. The molecule has 6 N–H and O–H groups in total. The number of aryl methyl sites for hydroxylation is 1. The van der Waals surface area contributed by atoms with Crippen LogP contribution in [0.3, 0.4) is 0 Å². The maximum Gasteiger partial charge on any atom is 0.160 e. The first-order valence-corrected chi connectivity index (χ1v) is 31.3. The zero-order chi connectivity index (χ0) is 54.8. The van der Waals surface area contributed by atoms with Gasteiger partial charge < -0.3 is 44.8 Å². The number of aliphatic hydroxyl groups excluding tert-OH is 3. The molecule has 2 spiro atoms. The molecule has 1 aromatic carbocycles. The molecule has 426 valence electrons. The van der Waals surface area contributed by atoms with Gasteiger partial charge in [0.05, 0.1) is 40.5 Å². The summed E-state index contributed by atoms with van der Waals surface area (Å²) in [5.74, 6) is 0.270. The van der Waals surface area contributed by atoms with Crippen LogP contribution in [0.25, 0.3) is 11.0 Å². The zero-order valence-corrected chi connectivity index (χ0v) is 48.8. The molecule has 2 aromatic heterocycles. The van der Waals surface area contributed by atoms with E-state index in [0.29, 0.717) is 95.7 Å². The fourth-order valence-electron chi connectivity index (χ4n) is 21.9. The second-order valence-corrected chi connectivity index (χ2v) is 30.2. The van der Waals surface area contributed by atoms with Crippen molar-refractivity contribution in [3.8, 4) is 0 Å². The number of aliphatic hydroxyl groups is 4. The molecule has 0 bridgehead atoms. The van der Waals surface area contributed by atoms with E-state index in [4.69, 9.17) is 9.47 Å². The van der Waals surface area contributed by atoms with Crippen LogP contribution in [-0.4, -0.2) is 98.4 Å². The number of aromatic nitrogens is 2. The first-order chi connectivity index (χ1) is 37.0. The Morgan fingerprint density at radius 3 is 2.29 bits per heavy atom. The summed E-state index contributed by atoms with van der Waals surface area (Å²) in [6.07, 6.45) is 20.4. The molecule has 10 aliphatic rings.